The second-order valence-electron chi connectivity index (χ2n) is 8.64. The van der Waals surface area contributed by atoms with Crippen molar-refractivity contribution in [2.45, 2.75) is 11.0 Å². The minimum atomic E-state index is -4.12. The van der Waals surface area contributed by atoms with Crippen molar-refractivity contribution >= 4 is 38.4 Å². The van der Waals surface area contributed by atoms with Crippen LogP contribution < -0.4 is 15.2 Å². The Morgan fingerprint density at radius 1 is 1.24 bits per heavy atom. The first-order chi connectivity index (χ1) is 18.3. The topological polar surface area (TPSA) is 137 Å². The molecule has 0 unspecified atom stereocenters. The van der Waals surface area contributed by atoms with E-state index in [1.165, 1.54) is 10.4 Å². The van der Waals surface area contributed by atoms with Crippen LogP contribution in [-0.2, 0) is 14.8 Å². The zero-order chi connectivity index (χ0) is 26.9. The number of para-hydroxylation sites is 1. The number of nitrogens with two attached hydrogens (primary N) is 1. The molecule has 0 saturated carbocycles. The third kappa shape index (κ3) is 5.05. The minimum Gasteiger partial charge on any atom is -0.490 e. The number of carbonyl (C=O) groups excluding carboxylic acids is 1. The van der Waals surface area contributed by atoms with E-state index in [9.17, 15) is 13.2 Å². The minimum absolute atomic E-state index is 0.0278. The Morgan fingerprint density at radius 2 is 2.05 bits per heavy atom. The maximum Gasteiger partial charge on any atom is 0.266 e. The maximum absolute atomic E-state index is 13.8. The molecule has 0 aliphatic carbocycles. The van der Waals surface area contributed by atoms with Gasteiger partial charge in [-0.15, -0.1) is 0 Å². The van der Waals surface area contributed by atoms with E-state index in [-0.39, 0.29) is 36.9 Å². The first kappa shape index (κ1) is 26.0. The van der Waals surface area contributed by atoms with Crippen LogP contribution in [-0.4, -0.2) is 68.1 Å². The fraction of sp³-hybridized carbons (Fsp3) is 0.231. The molecular weight excluding hydrogens is 532 g/mol. The number of pyridine rings is 1. The summed E-state index contributed by atoms with van der Waals surface area (Å²) < 4.78 is 45.8. The second kappa shape index (κ2) is 10.6. The number of H-pyrrole nitrogens is 1. The lowest BCUT2D eigenvalue weighted by Crippen LogP contribution is -2.47. The largest absolute Gasteiger partial charge is 0.490 e. The summed E-state index contributed by atoms with van der Waals surface area (Å²) in [7, 11) is -2.57. The Balaban J connectivity index is 1.37. The van der Waals surface area contributed by atoms with E-state index >= 15 is 0 Å². The molecule has 1 atom stereocenters. The molecule has 1 fully saturated rings. The normalized spacial score (nSPS) is 16.4. The third-order valence-corrected chi connectivity index (χ3v) is 8.41. The van der Waals surface area contributed by atoms with Gasteiger partial charge in [-0.05, 0) is 30.3 Å². The molecule has 0 spiro atoms. The van der Waals surface area contributed by atoms with Gasteiger partial charge >= 0.3 is 0 Å². The molecule has 0 radical (unpaired) electrons. The Kier molecular flexibility index (Phi) is 7.26. The van der Waals surface area contributed by atoms with Gasteiger partial charge in [-0.3, -0.25) is 4.79 Å². The predicted molar refractivity (Wildman–Crippen MR) is 142 cm³/mol. The number of sulfonamides is 1. The van der Waals surface area contributed by atoms with E-state index < -0.39 is 22.0 Å². The van der Waals surface area contributed by atoms with Gasteiger partial charge in [0.2, 0.25) is 15.9 Å². The molecule has 10 nitrogen and oxygen atoms in total. The van der Waals surface area contributed by atoms with Crippen LogP contribution in [0, 0.1) is 0 Å². The SMILES string of the molecule is COc1ccc(-c2ccccc2OC[C@@H]2CN(S(=O)(=O)c3c(C(N)=O)[nH]c4ccc(Cl)cc34)CCO2)cn1. The summed E-state index contributed by atoms with van der Waals surface area (Å²) >= 11 is 6.12. The fourth-order valence-corrected chi connectivity index (χ4v) is 6.36. The van der Waals surface area contributed by atoms with Crippen LogP contribution in [0.3, 0.4) is 0 Å². The van der Waals surface area contributed by atoms with Gasteiger partial charge in [0, 0.05) is 52.4 Å². The number of morpholine rings is 1. The lowest BCUT2D eigenvalue weighted by atomic mass is 10.1. The highest BCUT2D eigenvalue weighted by Gasteiger charge is 2.36. The highest BCUT2D eigenvalue weighted by molar-refractivity contribution is 7.89. The number of hydrogen-bond acceptors (Lipinski definition) is 7. The molecule has 1 amide bonds. The molecule has 12 heteroatoms. The van der Waals surface area contributed by atoms with Gasteiger partial charge < -0.3 is 24.9 Å². The van der Waals surface area contributed by atoms with Crippen molar-refractivity contribution < 1.29 is 27.4 Å². The Labute approximate surface area is 224 Å². The number of amides is 1. The monoisotopic (exact) mass is 556 g/mol. The lowest BCUT2D eigenvalue weighted by molar-refractivity contribution is -0.0248. The summed E-state index contributed by atoms with van der Waals surface area (Å²) in [6.07, 6.45) is 1.14. The van der Waals surface area contributed by atoms with E-state index in [1.54, 1.807) is 31.5 Å². The second-order valence-corrected chi connectivity index (χ2v) is 10.9. The summed E-state index contributed by atoms with van der Waals surface area (Å²) in [5.74, 6) is 0.222. The van der Waals surface area contributed by atoms with Gasteiger partial charge in [0.1, 0.15) is 29.0 Å². The summed E-state index contributed by atoms with van der Waals surface area (Å²) in [6.45, 7) is 0.403. The van der Waals surface area contributed by atoms with Crippen LogP contribution in [0.25, 0.3) is 22.0 Å². The van der Waals surface area contributed by atoms with Gasteiger partial charge in [-0.1, -0.05) is 29.8 Å². The van der Waals surface area contributed by atoms with Crippen molar-refractivity contribution in [2.75, 3.05) is 33.4 Å². The molecule has 3 heterocycles. The number of ether oxygens (including phenoxy) is 3. The first-order valence-electron chi connectivity index (χ1n) is 11.7. The van der Waals surface area contributed by atoms with Gasteiger partial charge in [-0.25, -0.2) is 13.4 Å². The van der Waals surface area contributed by atoms with E-state index in [0.717, 1.165) is 11.1 Å². The predicted octanol–water partition coefficient (Wildman–Crippen LogP) is 3.46. The molecule has 1 aliphatic rings. The summed E-state index contributed by atoms with van der Waals surface area (Å²) in [6, 6.07) is 15.8. The summed E-state index contributed by atoms with van der Waals surface area (Å²) in [5, 5.41) is 0.635. The number of benzene rings is 2. The first-order valence-corrected chi connectivity index (χ1v) is 13.5. The van der Waals surface area contributed by atoms with Gasteiger partial charge in [0.05, 0.1) is 13.7 Å². The Hall–Kier alpha value is -3.64. The number of nitrogens with zero attached hydrogens (tertiary/aromatic N) is 2. The molecular formula is C26H25ClN4O6S. The molecule has 198 valence electrons. The summed E-state index contributed by atoms with van der Waals surface area (Å²) in [4.78, 5) is 19.0. The Morgan fingerprint density at radius 3 is 2.79 bits per heavy atom. The quantitative estimate of drug-likeness (QED) is 0.339. The molecule has 1 aliphatic heterocycles. The third-order valence-electron chi connectivity index (χ3n) is 6.23. The number of nitrogens with one attached hydrogen (secondary N) is 1. The van der Waals surface area contributed by atoms with Crippen molar-refractivity contribution in [2.24, 2.45) is 5.73 Å². The van der Waals surface area contributed by atoms with Crippen LogP contribution in [0.1, 0.15) is 10.5 Å². The zero-order valence-electron chi connectivity index (χ0n) is 20.4. The number of carbonyl (C=O) groups is 1. The molecule has 5 rings (SSSR count). The van der Waals surface area contributed by atoms with Crippen LogP contribution in [0.4, 0.5) is 0 Å². The number of primary amides is 1. The fourth-order valence-electron chi connectivity index (χ4n) is 4.40. The molecule has 3 N–H and O–H groups in total. The van der Waals surface area contributed by atoms with E-state index in [2.05, 4.69) is 9.97 Å². The highest BCUT2D eigenvalue weighted by Crippen LogP contribution is 2.33. The zero-order valence-corrected chi connectivity index (χ0v) is 22.0. The van der Waals surface area contributed by atoms with Crippen LogP contribution in [0.5, 0.6) is 11.6 Å². The van der Waals surface area contributed by atoms with Crippen molar-refractivity contribution in [1.82, 2.24) is 14.3 Å². The average molecular weight is 557 g/mol. The van der Waals surface area contributed by atoms with Gasteiger partial charge in [0.15, 0.2) is 0 Å². The number of rotatable bonds is 8. The van der Waals surface area contributed by atoms with Crippen molar-refractivity contribution in [3.05, 3.63) is 71.5 Å². The lowest BCUT2D eigenvalue weighted by Gasteiger charge is -2.32. The molecule has 38 heavy (non-hydrogen) atoms. The van der Waals surface area contributed by atoms with Crippen molar-refractivity contribution in [3.63, 3.8) is 0 Å². The van der Waals surface area contributed by atoms with E-state index in [4.69, 9.17) is 31.5 Å². The smallest absolute Gasteiger partial charge is 0.266 e. The van der Waals surface area contributed by atoms with Crippen LogP contribution >= 0.6 is 11.6 Å². The average Bonchev–Trinajstić information content (AvgIpc) is 3.32. The standard InChI is InChI=1S/C26H25ClN4O6S/c1-35-23-9-6-16(13-29-23)19-4-2-3-5-22(19)37-15-18-14-31(10-11-36-18)38(33,34)25-20-12-17(27)7-8-21(20)30-24(25)26(28)32/h2-9,12-13,18,30H,10-11,14-15H2,1H3,(H2,28,32)/t18-/m0/s1. The Bertz CT molecular complexity index is 1590. The van der Waals surface area contributed by atoms with Gasteiger partial charge in [-0.2, -0.15) is 4.31 Å². The van der Waals surface area contributed by atoms with E-state index in [1.807, 2.05) is 30.3 Å². The summed E-state index contributed by atoms with van der Waals surface area (Å²) in [5.41, 5.74) is 7.43. The maximum atomic E-state index is 13.8. The number of hydrogen-bond donors (Lipinski definition) is 2. The van der Waals surface area contributed by atoms with Crippen molar-refractivity contribution in [3.8, 4) is 22.8 Å². The molecule has 4 aromatic rings. The van der Waals surface area contributed by atoms with E-state index in [0.29, 0.717) is 27.6 Å². The molecule has 0 bridgehead atoms. The molecule has 2 aromatic carbocycles. The van der Waals surface area contributed by atoms with Crippen LogP contribution in [0.15, 0.2) is 65.7 Å². The molecule has 1 saturated heterocycles. The number of methoxy groups -OCH3 is 1. The number of halogens is 1. The number of aromatic nitrogens is 2. The number of aromatic amines is 1. The molecule has 2 aromatic heterocycles. The van der Waals surface area contributed by atoms with Crippen LogP contribution in [0.2, 0.25) is 5.02 Å². The van der Waals surface area contributed by atoms with Gasteiger partial charge in [0.25, 0.3) is 5.91 Å². The van der Waals surface area contributed by atoms with Crippen molar-refractivity contribution in [1.29, 1.82) is 0 Å². The number of fused-ring (bicyclic) bond motifs is 1. The highest BCUT2D eigenvalue weighted by atomic mass is 35.5.